The first-order valence-electron chi connectivity index (χ1n) is 7.03. The summed E-state index contributed by atoms with van der Waals surface area (Å²) in [5, 5.41) is 19.9. The van der Waals surface area contributed by atoms with Crippen LogP contribution in [-0.4, -0.2) is 10.2 Å². The van der Waals surface area contributed by atoms with Gasteiger partial charge in [-0.15, -0.1) is 0 Å². The standard InChI is InChI=1S/C16H20O4/c1-3-4-5-6-7-12-10(2)11-8-9-13(17)14(18)15(11)20-16(12)19/h8-9,17-18H,3-7H2,1-2H3. The maximum Gasteiger partial charge on any atom is 0.339 e. The van der Waals surface area contributed by atoms with Gasteiger partial charge in [-0.1, -0.05) is 26.2 Å². The molecule has 4 nitrogen and oxygen atoms in total. The molecule has 1 aromatic carbocycles. The van der Waals surface area contributed by atoms with E-state index in [0.29, 0.717) is 17.4 Å². The first-order valence-corrected chi connectivity index (χ1v) is 7.03. The van der Waals surface area contributed by atoms with Crippen LogP contribution in [0, 0.1) is 6.92 Å². The van der Waals surface area contributed by atoms with E-state index in [1.807, 2.05) is 6.92 Å². The van der Waals surface area contributed by atoms with Crippen LogP contribution in [-0.2, 0) is 6.42 Å². The van der Waals surface area contributed by atoms with Crippen molar-refractivity contribution in [2.75, 3.05) is 0 Å². The molecular formula is C16H20O4. The molecule has 0 fully saturated rings. The molecule has 0 saturated carbocycles. The fourth-order valence-electron chi connectivity index (χ4n) is 2.45. The third-order valence-corrected chi connectivity index (χ3v) is 3.69. The Morgan fingerprint density at radius 1 is 1.15 bits per heavy atom. The summed E-state index contributed by atoms with van der Waals surface area (Å²) in [6.45, 7) is 4.00. The number of hydrogen-bond donors (Lipinski definition) is 2. The smallest absolute Gasteiger partial charge is 0.339 e. The summed E-state index contributed by atoms with van der Waals surface area (Å²) in [5.74, 6) is -0.657. The summed E-state index contributed by atoms with van der Waals surface area (Å²) in [4.78, 5) is 12.0. The lowest BCUT2D eigenvalue weighted by atomic mass is 10.0. The molecule has 0 spiro atoms. The van der Waals surface area contributed by atoms with Gasteiger partial charge in [-0.2, -0.15) is 0 Å². The summed E-state index contributed by atoms with van der Waals surface area (Å²) < 4.78 is 5.18. The highest BCUT2D eigenvalue weighted by Gasteiger charge is 2.15. The van der Waals surface area contributed by atoms with Crippen molar-refractivity contribution in [2.24, 2.45) is 0 Å². The Kier molecular flexibility index (Phi) is 4.32. The number of phenols is 2. The van der Waals surface area contributed by atoms with Gasteiger partial charge in [-0.05, 0) is 37.5 Å². The largest absolute Gasteiger partial charge is 0.504 e. The number of benzene rings is 1. The molecule has 0 aliphatic rings. The van der Waals surface area contributed by atoms with Gasteiger partial charge in [-0.3, -0.25) is 0 Å². The lowest BCUT2D eigenvalue weighted by Gasteiger charge is -2.09. The molecule has 0 bridgehead atoms. The maximum atomic E-state index is 12.0. The predicted molar refractivity (Wildman–Crippen MR) is 78.4 cm³/mol. The zero-order valence-electron chi connectivity index (χ0n) is 11.9. The van der Waals surface area contributed by atoms with Gasteiger partial charge in [0, 0.05) is 10.9 Å². The zero-order chi connectivity index (χ0) is 14.7. The monoisotopic (exact) mass is 276 g/mol. The third-order valence-electron chi connectivity index (χ3n) is 3.69. The topological polar surface area (TPSA) is 70.7 Å². The Labute approximate surface area is 117 Å². The molecule has 0 aliphatic carbocycles. The lowest BCUT2D eigenvalue weighted by molar-refractivity contribution is 0.397. The molecular weight excluding hydrogens is 256 g/mol. The minimum absolute atomic E-state index is 0.0600. The number of aromatic hydroxyl groups is 2. The molecule has 0 saturated heterocycles. The molecule has 4 heteroatoms. The highest BCUT2D eigenvalue weighted by atomic mass is 16.4. The quantitative estimate of drug-likeness (QED) is 0.497. The van der Waals surface area contributed by atoms with Crippen molar-refractivity contribution in [3.63, 3.8) is 0 Å². The van der Waals surface area contributed by atoms with E-state index < -0.39 is 5.63 Å². The van der Waals surface area contributed by atoms with E-state index in [4.69, 9.17) is 4.42 Å². The van der Waals surface area contributed by atoms with Gasteiger partial charge in [0.15, 0.2) is 11.3 Å². The van der Waals surface area contributed by atoms with Crippen LogP contribution < -0.4 is 5.63 Å². The van der Waals surface area contributed by atoms with Gasteiger partial charge in [0.25, 0.3) is 0 Å². The minimum Gasteiger partial charge on any atom is -0.504 e. The van der Waals surface area contributed by atoms with E-state index >= 15 is 0 Å². The summed E-state index contributed by atoms with van der Waals surface area (Å²) >= 11 is 0. The van der Waals surface area contributed by atoms with E-state index in [0.717, 1.165) is 31.2 Å². The van der Waals surface area contributed by atoms with Crippen molar-refractivity contribution in [3.8, 4) is 11.5 Å². The molecule has 0 amide bonds. The second-order valence-corrected chi connectivity index (χ2v) is 5.11. The van der Waals surface area contributed by atoms with Crippen molar-refractivity contribution in [1.29, 1.82) is 0 Å². The summed E-state index contributed by atoms with van der Waals surface area (Å²) in [6.07, 6.45) is 5.04. The Balaban J connectivity index is 2.42. The zero-order valence-corrected chi connectivity index (χ0v) is 11.9. The van der Waals surface area contributed by atoms with Gasteiger partial charge in [0.1, 0.15) is 0 Å². The van der Waals surface area contributed by atoms with E-state index in [1.165, 1.54) is 6.07 Å². The average Bonchev–Trinajstić information content (AvgIpc) is 2.42. The number of fused-ring (bicyclic) bond motifs is 1. The minimum atomic E-state index is -0.424. The number of phenolic OH excluding ortho intramolecular Hbond substituents is 2. The molecule has 2 aromatic rings. The van der Waals surface area contributed by atoms with Crippen LogP contribution in [0.15, 0.2) is 21.3 Å². The van der Waals surface area contributed by atoms with Crippen LogP contribution in [0.3, 0.4) is 0 Å². The van der Waals surface area contributed by atoms with Gasteiger partial charge in [0.2, 0.25) is 5.75 Å². The number of rotatable bonds is 5. The fourth-order valence-corrected chi connectivity index (χ4v) is 2.45. The van der Waals surface area contributed by atoms with E-state index in [-0.39, 0.29) is 17.1 Å². The molecule has 2 rings (SSSR count). The van der Waals surface area contributed by atoms with Gasteiger partial charge in [0.05, 0.1) is 0 Å². The first-order chi connectivity index (χ1) is 9.56. The SMILES string of the molecule is CCCCCCc1c(C)c2ccc(O)c(O)c2oc1=O. The van der Waals surface area contributed by atoms with Crippen LogP contribution in [0.5, 0.6) is 11.5 Å². The first kappa shape index (κ1) is 14.4. The number of aryl methyl sites for hydroxylation is 1. The normalized spacial score (nSPS) is 11.1. The van der Waals surface area contributed by atoms with Gasteiger partial charge < -0.3 is 14.6 Å². The highest BCUT2D eigenvalue weighted by Crippen LogP contribution is 2.34. The fraction of sp³-hybridized carbons (Fsp3) is 0.438. The number of unbranched alkanes of at least 4 members (excludes halogenated alkanes) is 3. The molecule has 108 valence electrons. The maximum absolute atomic E-state index is 12.0. The second-order valence-electron chi connectivity index (χ2n) is 5.11. The van der Waals surface area contributed by atoms with Crippen LogP contribution in [0.25, 0.3) is 11.0 Å². The van der Waals surface area contributed by atoms with Crippen LogP contribution in [0.1, 0.15) is 43.7 Å². The Morgan fingerprint density at radius 3 is 2.60 bits per heavy atom. The summed E-state index contributed by atoms with van der Waals surface area (Å²) in [6, 6.07) is 3.07. The van der Waals surface area contributed by atoms with Crippen LogP contribution in [0.4, 0.5) is 0 Å². The third kappa shape index (κ3) is 2.64. The summed E-state index contributed by atoms with van der Waals surface area (Å²) in [5.41, 5.74) is 1.12. The van der Waals surface area contributed by atoms with E-state index in [1.54, 1.807) is 6.07 Å². The molecule has 1 heterocycles. The van der Waals surface area contributed by atoms with Gasteiger partial charge in [-0.25, -0.2) is 4.79 Å². The van der Waals surface area contributed by atoms with E-state index in [2.05, 4.69) is 6.92 Å². The Bertz CT molecular complexity index is 670. The molecule has 0 aliphatic heterocycles. The van der Waals surface area contributed by atoms with Crippen molar-refractivity contribution < 1.29 is 14.6 Å². The predicted octanol–water partition coefficient (Wildman–Crippen LogP) is 3.64. The van der Waals surface area contributed by atoms with Crippen LogP contribution >= 0.6 is 0 Å². The highest BCUT2D eigenvalue weighted by molar-refractivity contribution is 5.87. The molecule has 0 unspecified atom stereocenters. The van der Waals surface area contributed by atoms with Crippen LogP contribution in [0.2, 0.25) is 0 Å². The van der Waals surface area contributed by atoms with Crippen molar-refractivity contribution in [2.45, 2.75) is 46.0 Å². The molecule has 1 aromatic heterocycles. The Hall–Kier alpha value is -1.97. The molecule has 2 N–H and O–H groups in total. The second kappa shape index (κ2) is 5.99. The molecule has 0 atom stereocenters. The lowest BCUT2D eigenvalue weighted by Crippen LogP contribution is -2.10. The molecule has 0 radical (unpaired) electrons. The number of hydrogen-bond acceptors (Lipinski definition) is 4. The molecule has 20 heavy (non-hydrogen) atoms. The van der Waals surface area contributed by atoms with Gasteiger partial charge >= 0.3 is 5.63 Å². The Morgan fingerprint density at radius 2 is 1.90 bits per heavy atom. The van der Waals surface area contributed by atoms with Crippen molar-refractivity contribution in [3.05, 3.63) is 33.7 Å². The van der Waals surface area contributed by atoms with Crippen molar-refractivity contribution in [1.82, 2.24) is 0 Å². The van der Waals surface area contributed by atoms with Crippen molar-refractivity contribution >= 4 is 11.0 Å². The average molecular weight is 276 g/mol. The summed E-state index contributed by atoms with van der Waals surface area (Å²) in [7, 11) is 0. The van der Waals surface area contributed by atoms with E-state index in [9.17, 15) is 15.0 Å².